The Morgan fingerprint density at radius 1 is 1.50 bits per heavy atom. The minimum atomic E-state index is -0.0655. The van der Waals surface area contributed by atoms with Gasteiger partial charge in [-0.1, -0.05) is 20.8 Å². The van der Waals surface area contributed by atoms with Crippen molar-refractivity contribution in [1.82, 2.24) is 0 Å². The lowest BCUT2D eigenvalue weighted by molar-refractivity contribution is 0.275. The summed E-state index contributed by atoms with van der Waals surface area (Å²) in [5, 5.41) is 8.59. The molecule has 3 heteroatoms. The molecule has 0 spiro atoms. The molecular formula is C7H17NOS. The Balaban J connectivity index is 3.36. The van der Waals surface area contributed by atoms with E-state index < -0.39 is 0 Å². The number of rotatable bonds is 3. The summed E-state index contributed by atoms with van der Waals surface area (Å²) in [6.45, 7) is 6.51. The van der Waals surface area contributed by atoms with E-state index in [0.29, 0.717) is 0 Å². The van der Waals surface area contributed by atoms with Crippen molar-refractivity contribution in [3.8, 4) is 0 Å². The number of hydrogen-bond donors (Lipinski definition) is 2. The van der Waals surface area contributed by atoms with Crippen molar-refractivity contribution in [1.29, 1.82) is 0 Å². The van der Waals surface area contributed by atoms with Gasteiger partial charge in [0.25, 0.3) is 0 Å². The van der Waals surface area contributed by atoms with E-state index in [1.807, 2.05) is 0 Å². The lowest BCUT2D eigenvalue weighted by Gasteiger charge is -2.19. The van der Waals surface area contributed by atoms with E-state index in [4.69, 9.17) is 10.8 Å². The Kier molecular flexibility index (Phi) is 4.32. The van der Waals surface area contributed by atoms with Crippen LogP contribution in [0.3, 0.4) is 0 Å². The van der Waals surface area contributed by atoms with Crippen LogP contribution in [0.1, 0.15) is 20.8 Å². The zero-order valence-corrected chi connectivity index (χ0v) is 7.74. The van der Waals surface area contributed by atoms with E-state index >= 15 is 0 Å². The summed E-state index contributed by atoms with van der Waals surface area (Å²) in [6, 6.07) is -0.0655. The van der Waals surface area contributed by atoms with E-state index in [2.05, 4.69) is 20.8 Å². The van der Waals surface area contributed by atoms with Gasteiger partial charge in [-0.2, -0.15) is 11.8 Å². The lowest BCUT2D eigenvalue weighted by Crippen LogP contribution is -2.29. The molecule has 3 N–H and O–H groups in total. The number of nitrogens with two attached hydrogens (primary N) is 1. The van der Waals surface area contributed by atoms with Crippen molar-refractivity contribution in [2.24, 2.45) is 5.73 Å². The van der Waals surface area contributed by atoms with Gasteiger partial charge in [0.2, 0.25) is 0 Å². The molecule has 10 heavy (non-hydrogen) atoms. The molecule has 0 unspecified atom stereocenters. The quantitative estimate of drug-likeness (QED) is 0.648. The first kappa shape index (κ1) is 10.3. The van der Waals surface area contributed by atoms with Crippen LogP contribution < -0.4 is 5.73 Å². The number of aliphatic hydroxyl groups is 1. The van der Waals surface area contributed by atoms with Crippen molar-refractivity contribution < 1.29 is 5.11 Å². The first-order valence-electron chi connectivity index (χ1n) is 3.46. The Morgan fingerprint density at radius 2 is 2.00 bits per heavy atom. The molecular weight excluding hydrogens is 146 g/mol. The SMILES string of the molecule is CC(C)(C)SC[C@H](N)CO. The second-order valence-electron chi connectivity index (χ2n) is 3.37. The van der Waals surface area contributed by atoms with Gasteiger partial charge in [-0.15, -0.1) is 0 Å². The van der Waals surface area contributed by atoms with E-state index in [9.17, 15) is 0 Å². The third-order valence-electron chi connectivity index (χ3n) is 0.965. The Hall–Kier alpha value is 0.270. The van der Waals surface area contributed by atoms with Gasteiger partial charge in [0.1, 0.15) is 0 Å². The summed E-state index contributed by atoms with van der Waals surface area (Å²) in [7, 11) is 0. The third-order valence-corrected chi connectivity index (χ3v) is 2.43. The Bertz CT molecular complexity index is 90.1. The van der Waals surface area contributed by atoms with Crippen LogP contribution in [0.25, 0.3) is 0 Å². The molecule has 1 atom stereocenters. The zero-order chi connectivity index (χ0) is 8.20. The summed E-state index contributed by atoms with van der Waals surface area (Å²) >= 11 is 1.78. The molecule has 62 valence electrons. The van der Waals surface area contributed by atoms with Crippen LogP contribution in [0.5, 0.6) is 0 Å². The van der Waals surface area contributed by atoms with E-state index in [0.717, 1.165) is 5.75 Å². The highest BCUT2D eigenvalue weighted by molar-refractivity contribution is 8.00. The number of thioether (sulfide) groups is 1. The van der Waals surface area contributed by atoms with Crippen LogP contribution in [0.15, 0.2) is 0 Å². The highest BCUT2D eigenvalue weighted by Crippen LogP contribution is 2.22. The zero-order valence-electron chi connectivity index (χ0n) is 6.92. The van der Waals surface area contributed by atoms with Gasteiger partial charge in [-0.05, 0) is 0 Å². The molecule has 0 rings (SSSR count). The Morgan fingerprint density at radius 3 is 2.30 bits per heavy atom. The molecule has 0 radical (unpaired) electrons. The molecule has 0 aromatic heterocycles. The second kappa shape index (κ2) is 4.21. The average molecular weight is 163 g/mol. The predicted octanol–water partition coefficient (Wildman–Crippen LogP) is 0.838. The summed E-state index contributed by atoms with van der Waals surface area (Å²) in [4.78, 5) is 0. The van der Waals surface area contributed by atoms with Gasteiger partial charge < -0.3 is 10.8 Å². The maximum Gasteiger partial charge on any atom is 0.0590 e. The van der Waals surface area contributed by atoms with Gasteiger partial charge in [0.15, 0.2) is 0 Å². The van der Waals surface area contributed by atoms with Crippen molar-refractivity contribution in [2.45, 2.75) is 31.6 Å². The fourth-order valence-corrected chi connectivity index (χ4v) is 1.23. The molecule has 0 aliphatic carbocycles. The topological polar surface area (TPSA) is 46.2 Å². The van der Waals surface area contributed by atoms with Crippen molar-refractivity contribution in [3.05, 3.63) is 0 Å². The van der Waals surface area contributed by atoms with Gasteiger partial charge >= 0.3 is 0 Å². The fourth-order valence-electron chi connectivity index (χ4n) is 0.410. The van der Waals surface area contributed by atoms with Crippen molar-refractivity contribution in [2.75, 3.05) is 12.4 Å². The third kappa shape index (κ3) is 6.39. The lowest BCUT2D eigenvalue weighted by atomic mass is 10.3. The number of hydrogen-bond acceptors (Lipinski definition) is 3. The molecule has 0 aliphatic rings. The highest BCUT2D eigenvalue weighted by atomic mass is 32.2. The first-order chi connectivity index (χ1) is 4.45. The van der Waals surface area contributed by atoms with Gasteiger partial charge in [0, 0.05) is 16.5 Å². The minimum Gasteiger partial charge on any atom is -0.395 e. The molecule has 0 saturated heterocycles. The largest absolute Gasteiger partial charge is 0.395 e. The van der Waals surface area contributed by atoms with Gasteiger partial charge in [-0.3, -0.25) is 0 Å². The van der Waals surface area contributed by atoms with E-state index in [-0.39, 0.29) is 17.4 Å². The Labute approximate surface area is 67.2 Å². The summed E-state index contributed by atoms with van der Waals surface area (Å²) in [5.74, 6) is 0.833. The molecule has 0 aliphatic heterocycles. The van der Waals surface area contributed by atoms with E-state index in [1.54, 1.807) is 11.8 Å². The standard InChI is InChI=1S/C7H17NOS/c1-7(2,3)10-5-6(8)4-9/h6,9H,4-5,8H2,1-3H3/t6-/m1/s1. The molecule has 0 saturated carbocycles. The van der Waals surface area contributed by atoms with E-state index in [1.165, 1.54) is 0 Å². The van der Waals surface area contributed by atoms with Crippen LogP contribution in [0.2, 0.25) is 0 Å². The van der Waals surface area contributed by atoms with Crippen LogP contribution >= 0.6 is 11.8 Å². The van der Waals surface area contributed by atoms with Gasteiger partial charge in [-0.25, -0.2) is 0 Å². The highest BCUT2D eigenvalue weighted by Gasteiger charge is 2.12. The van der Waals surface area contributed by atoms with Gasteiger partial charge in [0.05, 0.1) is 6.61 Å². The summed E-state index contributed by atoms with van der Waals surface area (Å²) < 4.78 is 0.257. The monoisotopic (exact) mass is 163 g/mol. The molecule has 0 fully saturated rings. The van der Waals surface area contributed by atoms with Crippen LogP contribution in [-0.4, -0.2) is 28.3 Å². The molecule has 0 bridgehead atoms. The fraction of sp³-hybridized carbons (Fsp3) is 1.00. The summed E-state index contributed by atoms with van der Waals surface area (Å²) in [6.07, 6.45) is 0. The normalized spacial score (nSPS) is 15.3. The second-order valence-corrected chi connectivity index (χ2v) is 5.21. The first-order valence-corrected chi connectivity index (χ1v) is 4.44. The van der Waals surface area contributed by atoms with Crippen LogP contribution in [0, 0.1) is 0 Å². The molecule has 2 nitrogen and oxygen atoms in total. The minimum absolute atomic E-state index is 0.0655. The maximum atomic E-state index is 8.59. The average Bonchev–Trinajstić information content (AvgIpc) is 1.81. The van der Waals surface area contributed by atoms with Crippen molar-refractivity contribution >= 4 is 11.8 Å². The molecule has 0 heterocycles. The summed E-state index contributed by atoms with van der Waals surface area (Å²) in [5.41, 5.74) is 5.51. The maximum absolute atomic E-state index is 8.59. The predicted molar refractivity (Wildman–Crippen MR) is 47.3 cm³/mol. The molecule has 0 aromatic carbocycles. The van der Waals surface area contributed by atoms with Crippen LogP contribution in [0.4, 0.5) is 0 Å². The smallest absolute Gasteiger partial charge is 0.0590 e. The molecule has 0 aromatic rings. The number of aliphatic hydroxyl groups excluding tert-OH is 1. The van der Waals surface area contributed by atoms with Crippen LogP contribution in [-0.2, 0) is 0 Å². The molecule has 0 amide bonds. The van der Waals surface area contributed by atoms with Crippen molar-refractivity contribution in [3.63, 3.8) is 0 Å².